The second-order valence-corrected chi connectivity index (χ2v) is 11.4. The van der Waals surface area contributed by atoms with Crippen LogP contribution in [0.4, 0.5) is 11.4 Å². The Kier molecular flexibility index (Phi) is 2.97. The highest BCUT2D eigenvalue weighted by atomic mass is 28.3. The van der Waals surface area contributed by atoms with Gasteiger partial charge in [-0.1, -0.05) is 19.6 Å². The summed E-state index contributed by atoms with van der Waals surface area (Å²) in [7, 11) is -0.976. The molecular formula is C13H22N2Si. The lowest BCUT2D eigenvalue weighted by atomic mass is 10.2. The molecule has 3 heteroatoms. The summed E-state index contributed by atoms with van der Waals surface area (Å²) in [5.74, 6) is 0. The number of benzene rings is 1. The first-order valence-corrected chi connectivity index (χ1v) is 9.65. The number of nitrogens with zero attached hydrogens (tertiary/aromatic N) is 1. The molecule has 0 spiro atoms. The van der Waals surface area contributed by atoms with E-state index in [2.05, 4.69) is 36.7 Å². The van der Waals surface area contributed by atoms with Gasteiger partial charge in [0.1, 0.15) is 0 Å². The molecule has 88 valence electrons. The number of anilines is 2. The molecule has 1 aliphatic heterocycles. The highest BCUT2D eigenvalue weighted by Gasteiger charge is 2.33. The van der Waals surface area contributed by atoms with E-state index in [0.717, 1.165) is 11.2 Å². The highest BCUT2D eigenvalue weighted by Crippen LogP contribution is 2.34. The number of rotatable bonds is 2. The molecule has 0 saturated carbocycles. The summed E-state index contributed by atoms with van der Waals surface area (Å²) in [6, 6.07) is 8.28. The van der Waals surface area contributed by atoms with Gasteiger partial charge in [0.2, 0.25) is 0 Å². The molecular weight excluding hydrogens is 212 g/mol. The molecule has 2 rings (SSSR count). The Hall–Kier alpha value is -0.963. The smallest absolute Gasteiger partial charge is 0.0494 e. The fraction of sp³-hybridized carbons (Fsp3) is 0.538. The molecule has 0 radical (unpaired) electrons. The fourth-order valence-electron chi connectivity index (χ4n) is 2.39. The summed E-state index contributed by atoms with van der Waals surface area (Å²) >= 11 is 0. The molecule has 1 aromatic rings. The van der Waals surface area contributed by atoms with Crippen LogP contribution in [0.2, 0.25) is 25.2 Å². The molecule has 0 aromatic heterocycles. The maximum absolute atomic E-state index is 5.71. The van der Waals surface area contributed by atoms with Crippen molar-refractivity contribution < 1.29 is 0 Å². The lowest BCUT2D eigenvalue weighted by Crippen LogP contribution is -2.30. The van der Waals surface area contributed by atoms with E-state index in [0.29, 0.717) is 0 Å². The highest BCUT2D eigenvalue weighted by molar-refractivity contribution is 6.77. The van der Waals surface area contributed by atoms with Crippen molar-refractivity contribution in [2.24, 2.45) is 0 Å². The van der Waals surface area contributed by atoms with Crippen LogP contribution in [-0.2, 0) is 0 Å². The first-order valence-electron chi connectivity index (χ1n) is 6.07. The van der Waals surface area contributed by atoms with Crippen molar-refractivity contribution in [2.75, 3.05) is 23.7 Å². The first-order chi connectivity index (χ1) is 7.47. The molecule has 1 aromatic carbocycles. The third-order valence-corrected chi connectivity index (χ3v) is 6.59. The molecule has 1 atom stereocenters. The van der Waals surface area contributed by atoms with Crippen molar-refractivity contribution in [3.05, 3.63) is 24.3 Å². The Morgan fingerprint density at radius 1 is 1.19 bits per heavy atom. The molecule has 0 bridgehead atoms. The van der Waals surface area contributed by atoms with Gasteiger partial charge in [-0.25, -0.2) is 0 Å². The topological polar surface area (TPSA) is 29.3 Å². The van der Waals surface area contributed by atoms with Crippen LogP contribution in [0.3, 0.4) is 0 Å². The van der Waals surface area contributed by atoms with Crippen LogP contribution in [0.15, 0.2) is 24.3 Å². The van der Waals surface area contributed by atoms with Crippen molar-refractivity contribution in [1.82, 2.24) is 0 Å². The van der Waals surface area contributed by atoms with Gasteiger partial charge in [0.25, 0.3) is 0 Å². The van der Waals surface area contributed by atoms with E-state index in [1.54, 1.807) is 0 Å². The predicted octanol–water partition coefficient (Wildman–Crippen LogP) is 3.19. The fourth-order valence-corrected chi connectivity index (χ4v) is 4.15. The predicted molar refractivity (Wildman–Crippen MR) is 74.8 cm³/mol. The Bertz CT molecular complexity index is 353. The number of nitrogens with two attached hydrogens (primary N) is 1. The zero-order chi connectivity index (χ0) is 11.8. The number of nitrogen functional groups attached to an aromatic ring is 1. The molecule has 0 aliphatic carbocycles. The summed E-state index contributed by atoms with van der Waals surface area (Å²) < 4.78 is 0. The molecule has 1 fully saturated rings. The van der Waals surface area contributed by atoms with Crippen LogP contribution in [0.5, 0.6) is 0 Å². The average molecular weight is 234 g/mol. The Morgan fingerprint density at radius 2 is 1.81 bits per heavy atom. The number of hydrogen-bond acceptors (Lipinski definition) is 2. The second kappa shape index (κ2) is 4.13. The minimum Gasteiger partial charge on any atom is -0.399 e. The van der Waals surface area contributed by atoms with Crippen molar-refractivity contribution >= 4 is 19.4 Å². The van der Waals surface area contributed by atoms with E-state index in [4.69, 9.17) is 5.73 Å². The maximum atomic E-state index is 5.71. The third kappa shape index (κ3) is 2.40. The van der Waals surface area contributed by atoms with E-state index in [1.165, 1.54) is 25.2 Å². The van der Waals surface area contributed by atoms with E-state index in [-0.39, 0.29) is 0 Å². The monoisotopic (exact) mass is 234 g/mol. The van der Waals surface area contributed by atoms with Gasteiger partial charge in [0, 0.05) is 32.5 Å². The van der Waals surface area contributed by atoms with E-state index >= 15 is 0 Å². The average Bonchev–Trinajstić information content (AvgIpc) is 2.67. The molecule has 16 heavy (non-hydrogen) atoms. The van der Waals surface area contributed by atoms with Crippen molar-refractivity contribution in [3.63, 3.8) is 0 Å². The molecule has 1 aliphatic rings. The van der Waals surface area contributed by atoms with Crippen LogP contribution in [0.25, 0.3) is 0 Å². The molecule has 0 amide bonds. The van der Waals surface area contributed by atoms with E-state index in [9.17, 15) is 0 Å². The zero-order valence-electron chi connectivity index (χ0n) is 10.5. The van der Waals surface area contributed by atoms with Gasteiger partial charge in [0.05, 0.1) is 0 Å². The zero-order valence-corrected chi connectivity index (χ0v) is 11.5. The molecule has 2 nitrogen and oxygen atoms in total. The lowest BCUT2D eigenvalue weighted by molar-refractivity contribution is 0.898. The van der Waals surface area contributed by atoms with Crippen LogP contribution in [0, 0.1) is 0 Å². The van der Waals surface area contributed by atoms with Crippen molar-refractivity contribution in [2.45, 2.75) is 31.6 Å². The van der Waals surface area contributed by atoms with Gasteiger partial charge in [-0.05, 0) is 36.2 Å². The molecule has 1 unspecified atom stereocenters. The summed E-state index contributed by atoms with van der Waals surface area (Å²) in [6.07, 6.45) is 1.36. The second-order valence-electron chi connectivity index (χ2n) is 5.89. The summed E-state index contributed by atoms with van der Waals surface area (Å²) in [5, 5.41) is 0. The van der Waals surface area contributed by atoms with Gasteiger partial charge >= 0.3 is 0 Å². The minimum absolute atomic E-state index is 0.852. The number of hydrogen-bond donors (Lipinski definition) is 1. The maximum Gasteiger partial charge on any atom is 0.0494 e. The van der Waals surface area contributed by atoms with Gasteiger partial charge in [0.15, 0.2) is 0 Å². The van der Waals surface area contributed by atoms with E-state index < -0.39 is 8.07 Å². The molecule has 1 heterocycles. The van der Waals surface area contributed by atoms with Gasteiger partial charge in [-0.15, -0.1) is 0 Å². The van der Waals surface area contributed by atoms with Gasteiger partial charge in [-0.3, -0.25) is 0 Å². The van der Waals surface area contributed by atoms with E-state index in [1.807, 2.05) is 12.1 Å². The Morgan fingerprint density at radius 3 is 2.31 bits per heavy atom. The lowest BCUT2D eigenvalue weighted by Gasteiger charge is -2.25. The van der Waals surface area contributed by atoms with Crippen LogP contribution >= 0.6 is 0 Å². The minimum atomic E-state index is -0.976. The van der Waals surface area contributed by atoms with Gasteiger partial charge in [-0.2, -0.15) is 0 Å². The quantitative estimate of drug-likeness (QED) is 0.629. The molecule has 2 N–H and O–H groups in total. The third-order valence-electron chi connectivity index (χ3n) is 3.67. The summed E-state index contributed by atoms with van der Waals surface area (Å²) in [4.78, 5) is 2.50. The van der Waals surface area contributed by atoms with Gasteiger partial charge < -0.3 is 10.6 Å². The van der Waals surface area contributed by atoms with Crippen molar-refractivity contribution in [1.29, 1.82) is 0 Å². The largest absolute Gasteiger partial charge is 0.399 e. The Balaban J connectivity index is 2.06. The van der Waals surface area contributed by atoms with Crippen LogP contribution in [-0.4, -0.2) is 21.2 Å². The van der Waals surface area contributed by atoms with Crippen molar-refractivity contribution in [3.8, 4) is 0 Å². The normalized spacial score (nSPS) is 21.4. The van der Waals surface area contributed by atoms with Crippen LogP contribution in [0.1, 0.15) is 6.42 Å². The Labute approximate surface area is 99.5 Å². The van der Waals surface area contributed by atoms with Crippen LogP contribution < -0.4 is 10.6 Å². The first kappa shape index (κ1) is 11.5. The standard InChI is InChI=1S/C13H22N2Si/c1-16(2,3)13-8-9-15(10-13)12-6-4-11(14)5-7-12/h4-7,13H,8-10,14H2,1-3H3. The summed E-state index contributed by atoms with van der Waals surface area (Å²) in [6.45, 7) is 9.87. The molecule has 1 saturated heterocycles. The summed E-state index contributed by atoms with van der Waals surface area (Å²) in [5.41, 5.74) is 8.83. The SMILES string of the molecule is C[Si](C)(C)C1CCN(c2ccc(N)cc2)C1.